The summed E-state index contributed by atoms with van der Waals surface area (Å²) in [5.74, 6) is 0.593. The zero-order chi connectivity index (χ0) is 18.4. The van der Waals surface area contributed by atoms with Crippen LogP contribution >= 0.6 is 0 Å². The quantitative estimate of drug-likeness (QED) is 0.714. The first-order valence-electron chi connectivity index (χ1n) is 8.29. The number of hydrogen-bond donors (Lipinski definition) is 2. The van der Waals surface area contributed by atoms with Crippen LogP contribution < -0.4 is 15.4 Å². The number of aryl methyl sites for hydroxylation is 1. The summed E-state index contributed by atoms with van der Waals surface area (Å²) in [6.45, 7) is 3.98. The SMILES string of the molecule is Cc1ccc(C(C)NC(=O)Nc2ccc(Oc3ncccn3)cc2)cc1. The summed E-state index contributed by atoms with van der Waals surface area (Å²) in [7, 11) is 0. The Bertz CT molecular complexity index is 849. The molecule has 2 amide bonds. The number of hydrogen-bond acceptors (Lipinski definition) is 4. The molecule has 0 spiro atoms. The predicted octanol–water partition coefficient (Wildman–Crippen LogP) is 4.46. The number of rotatable bonds is 5. The average Bonchev–Trinajstić information content (AvgIpc) is 2.64. The second kappa shape index (κ2) is 8.11. The summed E-state index contributed by atoms with van der Waals surface area (Å²) in [5, 5.41) is 5.73. The Balaban J connectivity index is 1.55. The summed E-state index contributed by atoms with van der Waals surface area (Å²) < 4.78 is 5.52. The van der Waals surface area contributed by atoms with E-state index in [9.17, 15) is 4.79 Å². The Morgan fingerprint density at radius 2 is 1.65 bits per heavy atom. The number of carbonyl (C=O) groups excluding carboxylic acids is 1. The summed E-state index contributed by atoms with van der Waals surface area (Å²) >= 11 is 0. The van der Waals surface area contributed by atoms with Gasteiger partial charge in [-0.3, -0.25) is 0 Å². The second-order valence-corrected chi connectivity index (χ2v) is 5.89. The Morgan fingerprint density at radius 1 is 1.00 bits per heavy atom. The molecule has 0 radical (unpaired) electrons. The minimum absolute atomic E-state index is 0.0894. The highest BCUT2D eigenvalue weighted by Gasteiger charge is 2.09. The first-order valence-corrected chi connectivity index (χ1v) is 8.29. The van der Waals surface area contributed by atoms with E-state index in [1.54, 1.807) is 42.7 Å². The van der Waals surface area contributed by atoms with Crippen molar-refractivity contribution in [3.05, 3.63) is 78.1 Å². The maximum atomic E-state index is 12.2. The largest absolute Gasteiger partial charge is 0.424 e. The van der Waals surface area contributed by atoms with E-state index in [1.807, 2.05) is 38.1 Å². The fraction of sp³-hybridized carbons (Fsp3) is 0.150. The molecule has 0 fully saturated rings. The van der Waals surface area contributed by atoms with Gasteiger partial charge in [-0.25, -0.2) is 14.8 Å². The van der Waals surface area contributed by atoms with Crippen molar-refractivity contribution in [3.63, 3.8) is 0 Å². The summed E-state index contributed by atoms with van der Waals surface area (Å²) in [6.07, 6.45) is 3.22. The lowest BCUT2D eigenvalue weighted by molar-refractivity contribution is 0.249. The second-order valence-electron chi connectivity index (χ2n) is 5.89. The molecule has 0 saturated carbocycles. The van der Waals surface area contributed by atoms with Gasteiger partial charge in [-0.2, -0.15) is 0 Å². The van der Waals surface area contributed by atoms with E-state index in [2.05, 4.69) is 20.6 Å². The van der Waals surface area contributed by atoms with Gasteiger partial charge in [0, 0.05) is 18.1 Å². The lowest BCUT2D eigenvalue weighted by Crippen LogP contribution is -2.31. The molecule has 2 N–H and O–H groups in total. The number of nitrogens with zero attached hydrogens (tertiary/aromatic N) is 2. The van der Waals surface area contributed by atoms with Crippen LogP contribution in [0.4, 0.5) is 10.5 Å². The van der Waals surface area contributed by atoms with Gasteiger partial charge in [0.25, 0.3) is 0 Å². The predicted molar refractivity (Wildman–Crippen MR) is 100 cm³/mol. The number of amides is 2. The molecule has 0 bridgehead atoms. The van der Waals surface area contributed by atoms with Crippen molar-refractivity contribution in [2.24, 2.45) is 0 Å². The van der Waals surface area contributed by atoms with Crippen molar-refractivity contribution in [1.82, 2.24) is 15.3 Å². The number of ether oxygens (including phenoxy) is 1. The Labute approximate surface area is 152 Å². The van der Waals surface area contributed by atoms with Crippen LogP contribution in [0.15, 0.2) is 67.0 Å². The molecule has 3 aromatic rings. The van der Waals surface area contributed by atoms with Crippen LogP contribution in [0.2, 0.25) is 0 Å². The molecule has 6 nitrogen and oxygen atoms in total. The van der Waals surface area contributed by atoms with E-state index in [-0.39, 0.29) is 18.1 Å². The molecule has 0 aliphatic carbocycles. The molecule has 1 atom stereocenters. The fourth-order valence-electron chi connectivity index (χ4n) is 2.35. The zero-order valence-electron chi connectivity index (χ0n) is 14.6. The molecule has 132 valence electrons. The maximum absolute atomic E-state index is 12.2. The van der Waals surface area contributed by atoms with Crippen LogP contribution in [0.25, 0.3) is 0 Å². The standard InChI is InChI=1S/C20H20N4O2/c1-14-4-6-16(7-5-14)15(2)23-19(25)24-17-8-10-18(11-9-17)26-20-21-12-3-13-22-20/h3-13,15H,1-2H3,(H2,23,24,25). The van der Waals surface area contributed by atoms with E-state index in [0.29, 0.717) is 11.4 Å². The van der Waals surface area contributed by atoms with E-state index in [0.717, 1.165) is 5.56 Å². The minimum atomic E-state index is -0.266. The van der Waals surface area contributed by atoms with Gasteiger partial charge in [-0.05, 0) is 49.7 Å². The normalized spacial score (nSPS) is 11.5. The summed E-state index contributed by atoms with van der Waals surface area (Å²) in [5.41, 5.74) is 2.91. The molecule has 0 aliphatic heterocycles. The Hall–Kier alpha value is -3.41. The lowest BCUT2D eigenvalue weighted by Gasteiger charge is -2.15. The van der Waals surface area contributed by atoms with Gasteiger partial charge in [0.2, 0.25) is 0 Å². The maximum Gasteiger partial charge on any atom is 0.321 e. The number of urea groups is 1. The third-order valence-corrected chi connectivity index (χ3v) is 3.79. The average molecular weight is 348 g/mol. The monoisotopic (exact) mass is 348 g/mol. The molecule has 6 heteroatoms. The smallest absolute Gasteiger partial charge is 0.321 e. The Kier molecular flexibility index (Phi) is 5.43. The number of nitrogens with one attached hydrogen (secondary N) is 2. The molecule has 2 aromatic carbocycles. The van der Waals surface area contributed by atoms with Crippen molar-refractivity contribution < 1.29 is 9.53 Å². The third kappa shape index (κ3) is 4.80. The number of benzene rings is 2. The first-order chi connectivity index (χ1) is 12.6. The van der Waals surface area contributed by atoms with Crippen molar-refractivity contribution in [3.8, 4) is 11.8 Å². The molecule has 3 rings (SSSR count). The van der Waals surface area contributed by atoms with Crippen molar-refractivity contribution >= 4 is 11.7 Å². The van der Waals surface area contributed by atoms with Gasteiger partial charge in [0.1, 0.15) is 5.75 Å². The number of aromatic nitrogens is 2. The molecular weight excluding hydrogens is 328 g/mol. The summed E-state index contributed by atoms with van der Waals surface area (Å²) in [4.78, 5) is 20.2. The van der Waals surface area contributed by atoms with Crippen molar-refractivity contribution in [1.29, 1.82) is 0 Å². The molecule has 1 unspecified atom stereocenters. The fourth-order valence-corrected chi connectivity index (χ4v) is 2.35. The zero-order valence-corrected chi connectivity index (χ0v) is 14.6. The van der Waals surface area contributed by atoms with E-state index in [4.69, 9.17) is 4.74 Å². The van der Waals surface area contributed by atoms with Crippen molar-refractivity contribution in [2.45, 2.75) is 19.9 Å². The molecular formula is C20H20N4O2. The van der Waals surface area contributed by atoms with Gasteiger partial charge in [0.15, 0.2) is 0 Å². The third-order valence-electron chi connectivity index (χ3n) is 3.79. The molecule has 26 heavy (non-hydrogen) atoms. The Morgan fingerprint density at radius 3 is 2.31 bits per heavy atom. The van der Waals surface area contributed by atoms with Crippen LogP contribution in [0.5, 0.6) is 11.8 Å². The molecule has 1 aromatic heterocycles. The van der Waals surface area contributed by atoms with Gasteiger partial charge < -0.3 is 15.4 Å². The van der Waals surface area contributed by atoms with Gasteiger partial charge in [-0.1, -0.05) is 29.8 Å². The number of carbonyl (C=O) groups is 1. The molecule has 1 heterocycles. The van der Waals surface area contributed by atoms with Crippen LogP contribution in [-0.2, 0) is 0 Å². The first kappa shape index (κ1) is 17.4. The molecule has 0 aliphatic rings. The van der Waals surface area contributed by atoms with E-state index < -0.39 is 0 Å². The van der Waals surface area contributed by atoms with Gasteiger partial charge in [-0.15, -0.1) is 0 Å². The van der Waals surface area contributed by atoms with Crippen LogP contribution in [0.1, 0.15) is 24.1 Å². The van der Waals surface area contributed by atoms with Crippen LogP contribution in [-0.4, -0.2) is 16.0 Å². The lowest BCUT2D eigenvalue weighted by atomic mass is 10.1. The topological polar surface area (TPSA) is 76.1 Å². The highest BCUT2D eigenvalue weighted by atomic mass is 16.5. The number of anilines is 1. The van der Waals surface area contributed by atoms with E-state index >= 15 is 0 Å². The highest BCUT2D eigenvalue weighted by molar-refractivity contribution is 5.89. The van der Waals surface area contributed by atoms with Crippen molar-refractivity contribution in [2.75, 3.05) is 5.32 Å². The van der Waals surface area contributed by atoms with Crippen LogP contribution in [0.3, 0.4) is 0 Å². The highest BCUT2D eigenvalue weighted by Crippen LogP contribution is 2.20. The van der Waals surface area contributed by atoms with Crippen LogP contribution in [0, 0.1) is 6.92 Å². The van der Waals surface area contributed by atoms with Gasteiger partial charge in [0.05, 0.1) is 6.04 Å². The minimum Gasteiger partial charge on any atom is -0.424 e. The van der Waals surface area contributed by atoms with E-state index in [1.165, 1.54) is 5.56 Å². The molecule has 0 saturated heterocycles. The van der Waals surface area contributed by atoms with Gasteiger partial charge >= 0.3 is 12.0 Å². The summed E-state index contributed by atoms with van der Waals surface area (Å²) in [6, 6.07) is 16.7.